The molecule has 0 radical (unpaired) electrons. The molecule has 6 heteroatoms. The van der Waals surface area contributed by atoms with Gasteiger partial charge in [0.2, 0.25) is 0 Å². The third-order valence-corrected chi connectivity index (χ3v) is 3.58. The van der Waals surface area contributed by atoms with Crippen molar-refractivity contribution < 1.29 is 19.1 Å². The van der Waals surface area contributed by atoms with Gasteiger partial charge in [-0.3, -0.25) is 4.79 Å². The number of furan rings is 1. The number of aliphatic hydroxyl groups is 1. The highest BCUT2D eigenvalue weighted by atomic mass is 35.5. The molecule has 3 unspecified atom stereocenters. The van der Waals surface area contributed by atoms with Crippen LogP contribution in [0.25, 0.3) is 0 Å². The van der Waals surface area contributed by atoms with E-state index in [1.165, 1.54) is 6.26 Å². The summed E-state index contributed by atoms with van der Waals surface area (Å²) in [7, 11) is 0. The Morgan fingerprint density at radius 2 is 2.00 bits per heavy atom. The Bertz CT molecular complexity index is 612. The number of nitrogens with one attached hydrogen (secondary N) is 1. The first-order valence-corrected chi connectivity index (χ1v) is 7.77. The van der Waals surface area contributed by atoms with Crippen LogP contribution in [-0.2, 0) is 4.79 Å². The van der Waals surface area contributed by atoms with Gasteiger partial charge < -0.3 is 19.6 Å². The summed E-state index contributed by atoms with van der Waals surface area (Å²) in [5.74, 6) is 0.802. The molecule has 0 aliphatic carbocycles. The number of hydrogen-bond acceptors (Lipinski definition) is 4. The van der Waals surface area contributed by atoms with Crippen molar-refractivity contribution in [2.45, 2.75) is 38.5 Å². The molecule has 5 nitrogen and oxygen atoms in total. The van der Waals surface area contributed by atoms with Gasteiger partial charge in [-0.25, -0.2) is 0 Å². The Kier molecular flexibility index (Phi) is 6.07. The zero-order chi connectivity index (χ0) is 16.8. The topological polar surface area (TPSA) is 71.7 Å². The summed E-state index contributed by atoms with van der Waals surface area (Å²) in [4.78, 5) is 12.1. The molecule has 0 saturated carbocycles. The molecule has 23 heavy (non-hydrogen) atoms. The van der Waals surface area contributed by atoms with Crippen LogP contribution in [0, 0.1) is 0 Å². The first kappa shape index (κ1) is 17.4. The second-order valence-corrected chi connectivity index (χ2v) is 5.83. The molecule has 0 bridgehead atoms. The molecular formula is C17H20ClNO4. The van der Waals surface area contributed by atoms with E-state index in [1.807, 2.05) is 6.92 Å². The minimum Gasteiger partial charge on any atom is -0.481 e. The molecule has 3 atom stereocenters. The first-order valence-electron chi connectivity index (χ1n) is 7.39. The standard InChI is InChI=1S/C17H20ClNO4/c1-11(10-15(20)16-4-3-9-22-16)19-17(21)12(2)23-14-7-5-13(18)6-8-14/h3-9,11-12,15,20H,10H2,1-2H3,(H,19,21). The lowest BCUT2D eigenvalue weighted by atomic mass is 10.1. The molecule has 0 spiro atoms. The highest BCUT2D eigenvalue weighted by Crippen LogP contribution is 2.19. The maximum atomic E-state index is 12.1. The van der Waals surface area contributed by atoms with Gasteiger partial charge in [0, 0.05) is 17.5 Å². The molecule has 124 valence electrons. The smallest absolute Gasteiger partial charge is 0.260 e. The highest BCUT2D eigenvalue weighted by molar-refractivity contribution is 6.30. The zero-order valence-corrected chi connectivity index (χ0v) is 13.8. The number of halogens is 1. The van der Waals surface area contributed by atoms with E-state index in [4.69, 9.17) is 20.8 Å². The van der Waals surface area contributed by atoms with E-state index in [0.29, 0.717) is 23.0 Å². The molecule has 0 aliphatic rings. The maximum absolute atomic E-state index is 12.1. The van der Waals surface area contributed by atoms with E-state index >= 15 is 0 Å². The summed E-state index contributed by atoms with van der Waals surface area (Å²) in [6, 6.07) is 9.99. The van der Waals surface area contributed by atoms with Crippen LogP contribution >= 0.6 is 11.6 Å². The molecule has 0 aliphatic heterocycles. The fraction of sp³-hybridized carbons (Fsp3) is 0.353. The monoisotopic (exact) mass is 337 g/mol. The van der Waals surface area contributed by atoms with Crippen molar-refractivity contribution >= 4 is 17.5 Å². The van der Waals surface area contributed by atoms with Crippen LogP contribution in [0.3, 0.4) is 0 Å². The fourth-order valence-electron chi connectivity index (χ4n) is 2.12. The highest BCUT2D eigenvalue weighted by Gasteiger charge is 2.20. The van der Waals surface area contributed by atoms with Crippen molar-refractivity contribution in [2.24, 2.45) is 0 Å². The summed E-state index contributed by atoms with van der Waals surface area (Å²) in [6.07, 6.45) is 0.448. The minimum absolute atomic E-state index is 0.223. The van der Waals surface area contributed by atoms with Crippen molar-refractivity contribution in [3.05, 3.63) is 53.4 Å². The van der Waals surface area contributed by atoms with Crippen LogP contribution in [0.1, 0.15) is 32.1 Å². The molecule has 2 N–H and O–H groups in total. The lowest BCUT2D eigenvalue weighted by Gasteiger charge is -2.20. The van der Waals surface area contributed by atoms with E-state index < -0.39 is 12.2 Å². The lowest BCUT2D eigenvalue weighted by Crippen LogP contribution is -2.41. The average Bonchev–Trinajstić information content (AvgIpc) is 3.03. The number of benzene rings is 1. The van der Waals surface area contributed by atoms with Crippen molar-refractivity contribution in [3.63, 3.8) is 0 Å². The van der Waals surface area contributed by atoms with Gasteiger partial charge in [0.05, 0.1) is 6.26 Å². The third-order valence-electron chi connectivity index (χ3n) is 3.33. The predicted molar refractivity (Wildman–Crippen MR) is 87.4 cm³/mol. The molecule has 1 amide bonds. The van der Waals surface area contributed by atoms with E-state index in [9.17, 15) is 9.90 Å². The molecule has 0 fully saturated rings. The summed E-state index contributed by atoms with van der Waals surface area (Å²) >= 11 is 5.80. The second kappa shape index (κ2) is 8.04. The largest absolute Gasteiger partial charge is 0.481 e. The van der Waals surface area contributed by atoms with Crippen LogP contribution in [0.4, 0.5) is 0 Å². The van der Waals surface area contributed by atoms with E-state index in [-0.39, 0.29) is 11.9 Å². The molecule has 2 aromatic rings. The number of hydrogen-bond donors (Lipinski definition) is 2. The second-order valence-electron chi connectivity index (χ2n) is 5.39. The van der Waals surface area contributed by atoms with Gasteiger partial charge in [-0.05, 0) is 50.2 Å². The van der Waals surface area contributed by atoms with E-state index in [2.05, 4.69) is 5.32 Å². The van der Waals surface area contributed by atoms with Crippen LogP contribution in [0.5, 0.6) is 5.75 Å². The van der Waals surface area contributed by atoms with Crippen molar-refractivity contribution in [1.82, 2.24) is 5.32 Å². The maximum Gasteiger partial charge on any atom is 0.260 e. The van der Waals surface area contributed by atoms with Crippen LogP contribution in [-0.4, -0.2) is 23.2 Å². The molecule has 1 aromatic carbocycles. The zero-order valence-electron chi connectivity index (χ0n) is 13.0. The Morgan fingerprint density at radius 3 is 2.61 bits per heavy atom. The van der Waals surface area contributed by atoms with Crippen LogP contribution in [0.15, 0.2) is 47.1 Å². The van der Waals surface area contributed by atoms with E-state index in [1.54, 1.807) is 43.3 Å². The predicted octanol–water partition coefficient (Wildman–Crippen LogP) is 3.33. The quantitative estimate of drug-likeness (QED) is 0.813. The van der Waals surface area contributed by atoms with Gasteiger partial charge >= 0.3 is 0 Å². The third kappa shape index (κ3) is 5.30. The van der Waals surface area contributed by atoms with Crippen molar-refractivity contribution in [2.75, 3.05) is 0 Å². The Balaban J connectivity index is 1.81. The number of carbonyl (C=O) groups excluding carboxylic acids is 1. The summed E-state index contributed by atoms with van der Waals surface area (Å²) in [5.41, 5.74) is 0. The molecule has 2 rings (SSSR count). The Hall–Kier alpha value is -1.98. The van der Waals surface area contributed by atoms with Gasteiger partial charge in [-0.2, -0.15) is 0 Å². The van der Waals surface area contributed by atoms with Crippen molar-refractivity contribution in [3.8, 4) is 5.75 Å². The van der Waals surface area contributed by atoms with Gasteiger partial charge in [-0.1, -0.05) is 11.6 Å². The fourth-order valence-corrected chi connectivity index (χ4v) is 2.25. The average molecular weight is 338 g/mol. The SMILES string of the molecule is CC(CC(O)c1ccco1)NC(=O)C(C)Oc1ccc(Cl)cc1. The Labute approximate surface area is 140 Å². The lowest BCUT2D eigenvalue weighted by molar-refractivity contribution is -0.128. The Morgan fingerprint density at radius 1 is 1.30 bits per heavy atom. The number of ether oxygens (including phenoxy) is 1. The summed E-state index contributed by atoms with van der Waals surface area (Å²) < 4.78 is 10.7. The molecule has 0 saturated heterocycles. The summed E-state index contributed by atoms with van der Waals surface area (Å²) in [5, 5.41) is 13.4. The normalized spacial score (nSPS) is 14.8. The number of aliphatic hydroxyl groups excluding tert-OH is 1. The molecule has 1 aromatic heterocycles. The van der Waals surface area contributed by atoms with Crippen LogP contribution < -0.4 is 10.1 Å². The van der Waals surface area contributed by atoms with Crippen LogP contribution in [0.2, 0.25) is 5.02 Å². The number of rotatable bonds is 7. The molecule has 1 heterocycles. The molecular weight excluding hydrogens is 318 g/mol. The van der Waals surface area contributed by atoms with E-state index in [0.717, 1.165) is 0 Å². The van der Waals surface area contributed by atoms with Gasteiger partial charge in [0.15, 0.2) is 6.10 Å². The van der Waals surface area contributed by atoms with Crippen molar-refractivity contribution in [1.29, 1.82) is 0 Å². The number of carbonyl (C=O) groups is 1. The first-order chi connectivity index (χ1) is 11.0. The summed E-state index contributed by atoms with van der Waals surface area (Å²) in [6.45, 7) is 3.48. The van der Waals surface area contributed by atoms with Gasteiger partial charge in [0.25, 0.3) is 5.91 Å². The minimum atomic E-state index is -0.757. The number of amides is 1. The van der Waals surface area contributed by atoms with Gasteiger partial charge in [0.1, 0.15) is 17.6 Å². The van der Waals surface area contributed by atoms with Gasteiger partial charge in [-0.15, -0.1) is 0 Å².